The summed E-state index contributed by atoms with van der Waals surface area (Å²) in [7, 11) is -3.79. The van der Waals surface area contributed by atoms with Gasteiger partial charge in [0, 0.05) is 16.9 Å². The van der Waals surface area contributed by atoms with Crippen LogP contribution in [0.2, 0.25) is 0 Å². The number of aromatic amines is 1. The quantitative estimate of drug-likeness (QED) is 0.441. The van der Waals surface area contributed by atoms with E-state index < -0.39 is 10.0 Å². The van der Waals surface area contributed by atoms with Crippen molar-refractivity contribution in [2.45, 2.75) is 30.3 Å². The molecule has 0 spiro atoms. The topological polar surface area (TPSA) is 82.3 Å². The summed E-state index contributed by atoms with van der Waals surface area (Å²) in [5, 5.41) is 3.75. The number of fused-ring (bicyclic) bond motifs is 1. The number of benzene rings is 3. The zero-order valence-electron chi connectivity index (χ0n) is 17.4. The van der Waals surface area contributed by atoms with E-state index >= 15 is 0 Å². The number of sulfonamides is 1. The van der Waals surface area contributed by atoms with Gasteiger partial charge in [0.15, 0.2) is 0 Å². The van der Waals surface area contributed by atoms with E-state index in [9.17, 15) is 13.2 Å². The van der Waals surface area contributed by atoms with Crippen molar-refractivity contribution >= 4 is 32.5 Å². The van der Waals surface area contributed by atoms with Gasteiger partial charge in [-0.15, -0.1) is 0 Å². The molecule has 4 aromatic rings. The summed E-state index contributed by atoms with van der Waals surface area (Å²) in [4.78, 5) is 15.8. The molecule has 0 unspecified atom stereocenters. The molecular formula is C25H23N3O3S. The fourth-order valence-corrected chi connectivity index (χ4v) is 5.14. The Labute approximate surface area is 186 Å². The molecular weight excluding hydrogens is 422 g/mol. The van der Waals surface area contributed by atoms with Crippen molar-refractivity contribution in [1.29, 1.82) is 0 Å². The normalized spacial score (nSPS) is 13.8. The van der Waals surface area contributed by atoms with Crippen LogP contribution in [0.25, 0.3) is 10.9 Å². The van der Waals surface area contributed by atoms with Crippen molar-refractivity contribution in [3.8, 4) is 0 Å². The Kier molecular flexibility index (Phi) is 5.19. The third kappa shape index (κ3) is 4.11. The van der Waals surface area contributed by atoms with Gasteiger partial charge >= 0.3 is 0 Å². The molecule has 2 N–H and O–H groups in total. The Morgan fingerprint density at radius 3 is 2.31 bits per heavy atom. The molecule has 6 nitrogen and oxygen atoms in total. The van der Waals surface area contributed by atoms with Gasteiger partial charge in [0.05, 0.1) is 17.1 Å². The summed E-state index contributed by atoms with van der Waals surface area (Å²) < 4.78 is 28.5. The summed E-state index contributed by atoms with van der Waals surface area (Å²) in [6, 6.07) is 25.3. The molecule has 1 aliphatic rings. The number of hydrogen-bond acceptors (Lipinski definition) is 3. The largest absolute Gasteiger partial charge is 0.351 e. The summed E-state index contributed by atoms with van der Waals surface area (Å²) in [5.41, 5.74) is 2.68. The monoisotopic (exact) mass is 445 g/mol. The van der Waals surface area contributed by atoms with Crippen molar-refractivity contribution in [3.05, 3.63) is 96.2 Å². The fraction of sp³-hybridized carbons (Fsp3) is 0.160. The minimum atomic E-state index is -3.79. The van der Waals surface area contributed by atoms with Crippen LogP contribution in [0.1, 0.15) is 28.9 Å². The molecule has 0 saturated heterocycles. The van der Waals surface area contributed by atoms with Crippen molar-refractivity contribution < 1.29 is 13.2 Å². The van der Waals surface area contributed by atoms with Gasteiger partial charge in [-0.25, -0.2) is 8.42 Å². The number of aromatic nitrogens is 1. The number of nitrogens with one attached hydrogen (secondary N) is 2. The molecule has 1 aliphatic carbocycles. The zero-order valence-corrected chi connectivity index (χ0v) is 18.2. The van der Waals surface area contributed by atoms with Gasteiger partial charge in [-0.1, -0.05) is 48.5 Å². The molecule has 0 aliphatic heterocycles. The van der Waals surface area contributed by atoms with Crippen LogP contribution in [0.5, 0.6) is 0 Å². The van der Waals surface area contributed by atoms with E-state index in [1.807, 2.05) is 42.5 Å². The second-order valence-corrected chi connectivity index (χ2v) is 9.87. The highest BCUT2D eigenvalue weighted by molar-refractivity contribution is 7.92. The molecule has 3 aromatic carbocycles. The number of amides is 1. The average Bonchev–Trinajstić information content (AvgIpc) is 3.52. The SMILES string of the molecule is O=C(NC1CC1)c1cc2cc(N(Cc3ccccc3)S(=O)(=O)c3ccccc3)ccc2[nH]1. The lowest BCUT2D eigenvalue weighted by atomic mass is 10.2. The summed E-state index contributed by atoms with van der Waals surface area (Å²) in [5.74, 6) is -0.136. The van der Waals surface area contributed by atoms with Crippen molar-refractivity contribution in [1.82, 2.24) is 10.3 Å². The molecule has 1 aromatic heterocycles. The maximum absolute atomic E-state index is 13.6. The Morgan fingerprint density at radius 1 is 0.938 bits per heavy atom. The van der Waals surface area contributed by atoms with Gasteiger partial charge in [0.2, 0.25) is 0 Å². The van der Waals surface area contributed by atoms with E-state index in [-0.39, 0.29) is 23.4 Å². The lowest BCUT2D eigenvalue weighted by Crippen LogP contribution is -2.30. The highest BCUT2D eigenvalue weighted by atomic mass is 32.2. The zero-order chi connectivity index (χ0) is 22.1. The van der Waals surface area contributed by atoms with Crippen LogP contribution < -0.4 is 9.62 Å². The van der Waals surface area contributed by atoms with Crippen LogP contribution in [-0.2, 0) is 16.6 Å². The minimum absolute atomic E-state index is 0.136. The number of hydrogen-bond donors (Lipinski definition) is 2. The maximum atomic E-state index is 13.6. The lowest BCUT2D eigenvalue weighted by molar-refractivity contribution is 0.0947. The molecule has 1 heterocycles. The van der Waals surface area contributed by atoms with E-state index in [2.05, 4.69) is 10.3 Å². The van der Waals surface area contributed by atoms with E-state index in [0.29, 0.717) is 11.4 Å². The summed E-state index contributed by atoms with van der Waals surface area (Å²) in [6.45, 7) is 0.197. The molecule has 1 amide bonds. The van der Waals surface area contributed by atoms with Crippen molar-refractivity contribution in [2.75, 3.05) is 4.31 Å². The van der Waals surface area contributed by atoms with Gasteiger partial charge < -0.3 is 10.3 Å². The van der Waals surface area contributed by atoms with Gasteiger partial charge in [-0.3, -0.25) is 9.10 Å². The van der Waals surface area contributed by atoms with Crippen LogP contribution in [0.3, 0.4) is 0 Å². The molecule has 32 heavy (non-hydrogen) atoms. The van der Waals surface area contributed by atoms with Gasteiger partial charge in [0.25, 0.3) is 15.9 Å². The minimum Gasteiger partial charge on any atom is -0.351 e. The van der Waals surface area contributed by atoms with Crippen LogP contribution in [0.15, 0.2) is 89.8 Å². The predicted molar refractivity (Wildman–Crippen MR) is 125 cm³/mol. The number of carbonyl (C=O) groups excluding carboxylic acids is 1. The average molecular weight is 446 g/mol. The van der Waals surface area contributed by atoms with E-state index in [0.717, 1.165) is 29.3 Å². The molecule has 0 atom stereocenters. The molecule has 7 heteroatoms. The number of carbonyl (C=O) groups is 1. The Morgan fingerprint density at radius 2 is 1.62 bits per heavy atom. The number of nitrogens with zero attached hydrogens (tertiary/aromatic N) is 1. The van der Waals surface area contributed by atoms with E-state index in [1.165, 1.54) is 4.31 Å². The van der Waals surface area contributed by atoms with Crippen LogP contribution in [0.4, 0.5) is 5.69 Å². The summed E-state index contributed by atoms with van der Waals surface area (Å²) in [6.07, 6.45) is 2.03. The molecule has 0 bridgehead atoms. The van der Waals surface area contributed by atoms with Crippen LogP contribution in [-0.4, -0.2) is 25.4 Å². The Bertz CT molecular complexity index is 1360. The molecule has 0 radical (unpaired) electrons. The standard InChI is InChI=1S/C25H23N3O3S/c29-25(26-20-11-12-20)24-16-19-15-21(13-14-23(19)27-24)28(17-18-7-3-1-4-8-18)32(30,31)22-9-5-2-6-10-22/h1-10,13-16,20,27H,11-12,17H2,(H,26,29). The summed E-state index contributed by atoms with van der Waals surface area (Å²) >= 11 is 0. The first kappa shape index (κ1) is 20.3. The maximum Gasteiger partial charge on any atom is 0.267 e. The molecule has 5 rings (SSSR count). The van der Waals surface area contributed by atoms with Crippen LogP contribution in [0, 0.1) is 0 Å². The van der Waals surface area contributed by atoms with Crippen LogP contribution >= 0.6 is 0 Å². The fourth-order valence-electron chi connectivity index (χ4n) is 3.67. The molecule has 1 saturated carbocycles. The Balaban J connectivity index is 1.54. The van der Waals surface area contributed by atoms with Crippen molar-refractivity contribution in [2.24, 2.45) is 0 Å². The number of rotatable bonds is 7. The third-order valence-electron chi connectivity index (χ3n) is 5.55. The smallest absolute Gasteiger partial charge is 0.267 e. The van der Waals surface area contributed by atoms with E-state index in [1.54, 1.807) is 42.5 Å². The predicted octanol–water partition coefficient (Wildman–Crippen LogP) is 4.46. The van der Waals surface area contributed by atoms with E-state index in [4.69, 9.17) is 0 Å². The second kappa shape index (κ2) is 8.16. The number of H-pyrrole nitrogens is 1. The molecule has 1 fully saturated rings. The van der Waals surface area contributed by atoms with Gasteiger partial charge in [-0.05, 0) is 54.8 Å². The third-order valence-corrected chi connectivity index (χ3v) is 7.34. The lowest BCUT2D eigenvalue weighted by Gasteiger charge is -2.25. The first-order chi connectivity index (χ1) is 15.5. The number of anilines is 1. The highest BCUT2D eigenvalue weighted by Crippen LogP contribution is 2.29. The first-order valence-electron chi connectivity index (χ1n) is 10.6. The first-order valence-corrected chi connectivity index (χ1v) is 12.0. The van der Waals surface area contributed by atoms with Gasteiger partial charge in [0.1, 0.15) is 5.69 Å². The Hall–Kier alpha value is -3.58. The highest BCUT2D eigenvalue weighted by Gasteiger charge is 2.27. The van der Waals surface area contributed by atoms with Crippen molar-refractivity contribution in [3.63, 3.8) is 0 Å². The van der Waals surface area contributed by atoms with Gasteiger partial charge in [-0.2, -0.15) is 0 Å². The second-order valence-electron chi connectivity index (χ2n) is 8.01. The molecule has 162 valence electrons.